The van der Waals surface area contributed by atoms with E-state index >= 15 is 0 Å². The number of aromatic nitrogens is 2. The summed E-state index contributed by atoms with van der Waals surface area (Å²) >= 11 is 0. The second-order valence-corrected chi connectivity index (χ2v) is 4.97. The standard InChI is InChI=1S/C13H16N2O/c1-9-14-12(15-16-9)10-6-5-7-11(8-10)13(2,3)4/h5-8H,1-4H3. The minimum absolute atomic E-state index is 0.134. The SMILES string of the molecule is Cc1nc(-c2cccc(C(C)(C)C)c2)no1. The molecule has 84 valence electrons. The van der Waals surface area contributed by atoms with Gasteiger partial charge in [0.2, 0.25) is 11.7 Å². The molecule has 0 bridgehead atoms. The van der Waals surface area contributed by atoms with E-state index in [9.17, 15) is 0 Å². The Morgan fingerprint density at radius 2 is 1.94 bits per heavy atom. The molecule has 3 heteroatoms. The van der Waals surface area contributed by atoms with Crippen LogP contribution in [0.15, 0.2) is 28.8 Å². The Balaban J connectivity index is 2.44. The minimum Gasteiger partial charge on any atom is -0.339 e. The van der Waals surface area contributed by atoms with Crippen molar-refractivity contribution in [3.8, 4) is 11.4 Å². The van der Waals surface area contributed by atoms with Crippen LogP contribution in [0.4, 0.5) is 0 Å². The van der Waals surface area contributed by atoms with Gasteiger partial charge in [-0.3, -0.25) is 0 Å². The van der Waals surface area contributed by atoms with Gasteiger partial charge in [0.25, 0.3) is 0 Å². The largest absolute Gasteiger partial charge is 0.339 e. The summed E-state index contributed by atoms with van der Waals surface area (Å²) in [5.74, 6) is 1.25. The molecule has 0 spiro atoms. The Morgan fingerprint density at radius 1 is 1.19 bits per heavy atom. The summed E-state index contributed by atoms with van der Waals surface area (Å²) in [5, 5.41) is 3.92. The number of hydrogen-bond acceptors (Lipinski definition) is 3. The average molecular weight is 216 g/mol. The second kappa shape index (κ2) is 3.74. The van der Waals surface area contributed by atoms with Crippen molar-refractivity contribution in [1.82, 2.24) is 10.1 Å². The maximum atomic E-state index is 4.98. The molecule has 1 aromatic heterocycles. The minimum atomic E-state index is 0.134. The molecule has 1 aromatic carbocycles. The van der Waals surface area contributed by atoms with Crippen molar-refractivity contribution in [3.63, 3.8) is 0 Å². The van der Waals surface area contributed by atoms with Gasteiger partial charge < -0.3 is 4.52 Å². The lowest BCUT2D eigenvalue weighted by Gasteiger charge is -2.19. The van der Waals surface area contributed by atoms with E-state index in [4.69, 9.17) is 4.52 Å². The van der Waals surface area contributed by atoms with Crippen LogP contribution in [0.1, 0.15) is 32.2 Å². The molecule has 0 N–H and O–H groups in total. The highest BCUT2D eigenvalue weighted by molar-refractivity contribution is 5.56. The van der Waals surface area contributed by atoms with Crippen LogP contribution in [0.2, 0.25) is 0 Å². The molecule has 0 aliphatic heterocycles. The Kier molecular flexibility index (Phi) is 2.54. The molecule has 0 atom stereocenters. The number of rotatable bonds is 1. The van der Waals surface area contributed by atoms with Crippen molar-refractivity contribution in [3.05, 3.63) is 35.7 Å². The first kappa shape index (κ1) is 10.9. The van der Waals surface area contributed by atoms with E-state index < -0.39 is 0 Å². The van der Waals surface area contributed by atoms with E-state index in [0.717, 1.165) is 5.56 Å². The summed E-state index contributed by atoms with van der Waals surface area (Å²) in [4.78, 5) is 4.23. The number of nitrogens with zero attached hydrogens (tertiary/aromatic N) is 2. The third-order valence-electron chi connectivity index (χ3n) is 2.51. The third kappa shape index (κ3) is 2.13. The van der Waals surface area contributed by atoms with Crippen molar-refractivity contribution >= 4 is 0 Å². The van der Waals surface area contributed by atoms with Gasteiger partial charge in [-0.2, -0.15) is 4.98 Å². The zero-order chi connectivity index (χ0) is 11.8. The fourth-order valence-corrected chi connectivity index (χ4v) is 1.54. The quantitative estimate of drug-likeness (QED) is 0.733. The van der Waals surface area contributed by atoms with Crippen LogP contribution >= 0.6 is 0 Å². The molecule has 16 heavy (non-hydrogen) atoms. The fraction of sp³-hybridized carbons (Fsp3) is 0.385. The van der Waals surface area contributed by atoms with E-state index in [-0.39, 0.29) is 5.41 Å². The first-order valence-corrected chi connectivity index (χ1v) is 5.38. The van der Waals surface area contributed by atoms with Crippen LogP contribution < -0.4 is 0 Å². The summed E-state index contributed by atoms with van der Waals surface area (Å²) < 4.78 is 4.98. The van der Waals surface area contributed by atoms with Crippen LogP contribution in [-0.2, 0) is 5.41 Å². The Hall–Kier alpha value is -1.64. The predicted molar refractivity (Wildman–Crippen MR) is 63.2 cm³/mol. The highest BCUT2D eigenvalue weighted by atomic mass is 16.5. The van der Waals surface area contributed by atoms with Gasteiger partial charge >= 0.3 is 0 Å². The molecule has 1 heterocycles. The summed E-state index contributed by atoms with van der Waals surface area (Å²) in [7, 11) is 0. The molecule has 2 aromatic rings. The monoisotopic (exact) mass is 216 g/mol. The summed E-state index contributed by atoms with van der Waals surface area (Å²) in [6, 6.07) is 8.27. The van der Waals surface area contributed by atoms with Gasteiger partial charge in [-0.25, -0.2) is 0 Å². The van der Waals surface area contributed by atoms with E-state index in [1.54, 1.807) is 6.92 Å². The highest BCUT2D eigenvalue weighted by Crippen LogP contribution is 2.26. The number of benzene rings is 1. The van der Waals surface area contributed by atoms with Crippen molar-refractivity contribution < 1.29 is 4.52 Å². The maximum absolute atomic E-state index is 4.98. The molecule has 2 rings (SSSR count). The number of aryl methyl sites for hydroxylation is 1. The molecular formula is C13H16N2O. The van der Waals surface area contributed by atoms with Gasteiger partial charge in [-0.05, 0) is 17.0 Å². The molecule has 0 aliphatic rings. The Labute approximate surface area is 95.5 Å². The molecule has 0 fully saturated rings. The van der Waals surface area contributed by atoms with Crippen LogP contribution in [0.3, 0.4) is 0 Å². The summed E-state index contributed by atoms with van der Waals surface area (Å²) in [5.41, 5.74) is 2.41. The molecule has 0 radical (unpaired) electrons. The van der Waals surface area contributed by atoms with Gasteiger partial charge in [-0.15, -0.1) is 0 Å². The second-order valence-electron chi connectivity index (χ2n) is 4.97. The van der Waals surface area contributed by atoms with Gasteiger partial charge in [-0.1, -0.05) is 44.1 Å². The zero-order valence-corrected chi connectivity index (χ0v) is 10.1. The Morgan fingerprint density at radius 3 is 2.50 bits per heavy atom. The van der Waals surface area contributed by atoms with Crippen LogP contribution in [-0.4, -0.2) is 10.1 Å². The first-order chi connectivity index (χ1) is 7.47. The topological polar surface area (TPSA) is 38.9 Å². The van der Waals surface area contributed by atoms with E-state index in [1.807, 2.05) is 12.1 Å². The molecular weight excluding hydrogens is 200 g/mol. The van der Waals surface area contributed by atoms with E-state index in [2.05, 4.69) is 43.0 Å². The molecule has 0 amide bonds. The Bertz CT molecular complexity index is 495. The molecule has 0 aliphatic carbocycles. The lowest BCUT2D eigenvalue weighted by atomic mass is 9.86. The smallest absolute Gasteiger partial charge is 0.223 e. The van der Waals surface area contributed by atoms with Gasteiger partial charge in [0.15, 0.2) is 0 Å². The van der Waals surface area contributed by atoms with Crippen LogP contribution in [0.25, 0.3) is 11.4 Å². The maximum Gasteiger partial charge on any atom is 0.223 e. The van der Waals surface area contributed by atoms with Crippen LogP contribution in [0, 0.1) is 6.92 Å². The van der Waals surface area contributed by atoms with Gasteiger partial charge in [0.05, 0.1) is 0 Å². The lowest BCUT2D eigenvalue weighted by molar-refractivity contribution is 0.394. The average Bonchev–Trinajstić information content (AvgIpc) is 2.64. The molecule has 0 unspecified atom stereocenters. The number of hydrogen-bond donors (Lipinski definition) is 0. The predicted octanol–water partition coefficient (Wildman–Crippen LogP) is 3.34. The lowest BCUT2D eigenvalue weighted by Crippen LogP contribution is -2.10. The summed E-state index contributed by atoms with van der Waals surface area (Å²) in [6.45, 7) is 8.36. The fourth-order valence-electron chi connectivity index (χ4n) is 1.54. The van der Waals surface area contributed by atoms with E-state index in [1.165, 1.54) is 5.56 Å². The van der Waals surface area contributed by atoms with Crippen molar-refractivity contribution in [2.75, 3.05) is 0 Å². The van der Waals surface area contributed by atoms with Crippen molar-refractivity contribution in [2.24, 2.45) is 0 Å². The molecule has 0 saturated carbocycles. The van der Waals surface area contributed by atoms with Crippen LogP contribution in [0.5, 0.6) is 0 Å². The van der Waals surface area contributed by atoms with Crippen molar-refractivity contribution in [2.45, 2.75) is 33.1 Å². The zero-order valence-electron chi connectivity index (χ0n) is 10.1. The van der Waals surface area contributed by atoms with Gasteiger partial charge in [0.1, 0.15) is 0 Å². The normalized spacial score (nSPS) is 11.8. The van der Waals surface area contributed by atoms with Gasteiger partial charge in [0, 0.05) is 12.5 Å². The molecule has 3 nitrogen and oxygen atoms in total. The van der Waals surface area contributed by atoms with E-state index in [0.29, 0.717) is 11.7 Å². The molecule has 0 saturated heterocycles. The highest BCUT2D eigenvalue weighted by Gasteiger charge is 2.15. The first-order valence-electron chi connectivity index (χ1n) is 5.38. The summed E-state index contributed by atoms with van der Waals surface area (Å²) in [6.07, 6.45) is 0. The van der Waals surface area contributed by atoms with Crippen molar-refractivity contribution in [1.29, 1.82) is 0 Å². The third-order valence-corrected chi connectivity index (χ3v) is 2.51.